The van der Waals surface area contributed by atoms with Crippen molar-refractivity contribution >= 4 is 5.69 Å². The molecule has 2 aromatic heterocycles. The molecule has 3 heterocycles. The van der Waals surface area contributed by atoms with Gasteiger partial charge in [0.2, 0.25) is 0 Å². The zero-order chi connectivity index (χ0) is 10.4. The van der Waals surface area contributed by atoms with Crippen molar-refractivity contribution in [3.05, 3.63) is 30.1 Å². The minimum Gasteiger partial charge on any atom is -0.396 e. The highest BCUT2D eigenvalue weighted by Gasteiger charge is 2.25. The molecule has 0 saturated heterocycles. The Hall–Kier alpha value is -1.78. The summed E-state index contributed by atoms with van der Waals surface area (Å²) in [6.45, 7) is 2.94. The fraction of sp³-hybridized carbons (Fsp3) is 0.400. The molecule has 1 atom stereocenters. The van der Waals surface area contributed by atoms with E-state index in [2.05, 4.69) is 14.6 Å². The van der Waals surface area contributed by atoms with Gasteiger partial charge < -0.3 is 10.3 Å². The molecule has 0 spiro atoms. The van der Waals surface area contributed by atoms with Crippen LogP contribution in [0.4, 0.5) is 5.69 Å². The highest BCUT2D eigenvalue weighted by Crippen LogP contribution is 2.28. The maximum atomic E-state index is 5.79. The number of nitrogen functional groups attached to an aromatic ring is 1. The van der Waals surface area contributed by atoms with Crippen LogP contribution in [0.2, 0.25) is 0 Å². The van der Waals surface area contributed by atoms with E-state index in [1.165, 1.54) is 0 Å². The van der Waals surface area contributed by atoms with Gasteiger partial charge in [-0.1, -0.05) is 0 Å². The average Bonchev–Trinajstić information content (AvgIpc) is 2.81. The van der Waals surface area contributed by atoms with Gasteiger partial charge in [0.1, 0.15) is 11.9 Å². The lowest BCUT2D eigenvalue weighted by Gasteiger charge is -2.07. The van der Waals surface area contributed by atoms with Crippen LogP contribution in [0, 0.1) is 6.92 Å². The first-order valence-electron chi connectivity index (χ1n) is 5.08. The molecule has 0 amide bonds. The number of rotatable bonds is 1. The van der Waals surface area contributed by atoms with E-state index >= 15 is 0 Å². The number of nitrogens with zero attached hydrogens (tertiary/aromatic N) is 4. The van der Waals surface area contributed by atoms with Crippen LogP contribution < -0.4 is 5.73 Å². The smallest absolute Gasteiger partial charge is 0.133 e. The molecule has 0 aliphatic carbocycles. The van der Waals surface area contributed by atoms with Gasteiger partial charge >= 0.3 is 0 Å². The Bertz CT molecular complexity index is 476. The Morgan fingerprint density at radius 3 is 3.13 bits per heavy atom. The first kappa shape index (κ1) is 8.52. The van der Waals surface area contributed by atoms with E-state index in [4.69, 9.17) is 5.73 Å². The maximum absolute atomic E-state index is 5.79. The molecule has 3 rings (SSSR count). The second-order valence-corrected chi connectivity index (χ2v) is 3.93. The summed E-state index contributed by atoms with van der Waals surface area (Å²) in [6, 6.07) is 0.246. The predicted molar refractivity (Wildman–Crippen MR) is 56.4 cm³/mol. The molecular weight excluding hydrogens is 190 g/mol. The van der Waals surface area contributed by atoms with Crippen LogP contribution in [0.15, 0.2) is 18.6 Å². The van der Waals surface area contributed by atoms with Crippen LogP contribution in [0.5, 0.6) is 0 Å². The van der Waals surface area contributed by atoms with Crippen LogP contribution >= 0.6 is 0 Å². The van der Waals surface area contributed by atoms with Crippen molar-refractivity contribution in [1.82, 2.24) is 19.3 Å². The van der Waals surface area contributed by atoms with E-state index in [0.717, 1.165) is 30.2 Å². The van der Waals surface area contributed by atoms with Crippen molar-refractivity contribution in [1.29, 1.82) is 0 Å². The Labute approximate surface area is 87.5 Å². The van der Waals surface area contributed by atoms with Crippen LogP contribution in [0.25, 0.3) is 0 Å². The molecule has 5 nitrogen and oxygen atoms in total. The number of hydrogen-bond acceptors (Lipinski definition) is 3. The summed E-state index contributed by atoms with van der Waals surface area (Å²) in [7, 11) is 0. The molecule has 0 fully saturated rings. The molecule has 78 valence electrons. The van der Waals surface area contributed by atoms with Crippen molar-refractivity contribution in [2.24, 2.45) is 0 Å². The number of imidazole rings is 1. The van der Waals surface area contributed by atoms with Gasteiger partial charge in [0.25, 0.3) is 0 Å². The van der Waals surface area contributed by atoms with Crippen LogP contribution in [-0.4, -0.2) is 19.3 Å². The van der Waals surface area contributed by atoms with E-state index in [-0.39, 0.29) is 6.04 Å². The summed E-state index contributed by atoms with van der Waals surface area (Å²) in [5.41, 5.74) is 7.43. The third-order valence-corrected chi connectivity index (χ3v) is 2.96. The zero-order valence-corrected chi connectivity index (χ0v) is 8.59. The number of nitrogens with two attached hydrogens (primary N) is 1. The normalized spacial score (nSPS) is 19.4. The summed E-state index contributed by atoms with van der Waals surface area (Å²) in [5.74, 6) is 1.08. The average molecular weight is 203 g/mol. The first-order valence-corrected chi connectivity index (χ1v) is 5.08. The SMILES string of the molecule is Cc1nn(C2CCn3ccnc32)cc1N. The van der Waals surface area contributed by atoms with Crippen molar-refractivity contribution in [3.63, 3.8) is 0 Å². The molecule has 1 aliphatic rings. The van der Waals surface area contributed by atoms with Gasteiger partial charge in [-0.05, 0) is 13.3 Å². The number of hydrogen-bond donors (Lipinski definition) is 1. The maximum Gasteiger partial charge on any atom is 0.133 e. The summed E-state index contributed by atoms with van der Waals surface area (Å²) in [6.07, 6.45) is 6.78. The molecule has 0 saturated carbocycles. The molecule has 1 aliphatic heterocycles. The van der Waals surface area contributed by atoms with E-state index in [1.54, 1.807) is 0 Å². The van der Waals surface area contributed by atoms with E-state index in [9.17, 15) is 0 Å². The van der Waals surface area contributed by atoms with Gasteiger partial charge in [0.15, 0.2) is 0 Å². The summed E-state index contributed by atoms with van der Waals surface area (Å²) < 4.78 is 4.09. The summed E-state index contributed by atoms with van der Waals surface area (Å²) >= 11 is 0. The number of fused-ring (bicyclic) bond motifs is 1. The predicted octanol–water partition coefficient (Wildman–Crippen LogP) is 0.963. The molecular formula is C10H13N5. The van der Waals surface area contributed by atoms with Crippen molar-refractivity contribution in [3.8, 4) is 0 Å². The van der Waals surface area contributed by atoms with Gasteiger partial charge in [-0.2, -0.15) is 5.10 Å². The van der Waals surface area contributed by atoms with Gasteiger partial charge in [-0.3, -0.25) is 4.68 Å². The Morgan fingerprint density at radius 2 is 2.40 bits per heavy atom. The zero-order valence-electron chi connectivity index (χ0n) is 8.59. The molecule has 1 unspecified atom stereocenters. The monoisotopic (exact) mass is 203 g/mol. The molecule has 15 heavy (non-hydrogen) atoms. The molecule has 2 aromatic rings. The highest BCUT2D eigenvalue weighted by atomic mass is 15.3. The Kier molecular flexibility index (Phi) is 1.62. The van der Waals surface area contributed by atoms with E-state index in [1.807, 2.05) is 30.2 Å². The molecule has 0 radical (unpaired) electrons. The molecule has 0 bridgehead atoms. The lowest BCUT2D eigenvalue weighted by molar-refractivity contribution is 0.508. The van der Waals surface area contributed by atoms with Crippen molar-refractivity contribution in [2.75, 3.05) is 5.73 Å². The van der Waals surface area contributed by atoms with Gasteiger partial charge in [-0.15, -0.1) is 0 Å². The summed E-state index contributed by atoms with van der Waals surface area (Å²) in [4.78, 5) is 4.35. The Morgan fingerprint density at radius 1 is 1.53 bits per heavy atom. The van der Waals surface area contributed by atoms with E-state index in [0.29, 0.717) is 0 Å². The first-order chi connectivity index (χ1) is 7.25. The largest absolute Gasteiger partial charge is 0.396 e. The summed E-state index contributed by atoms with van der Waals surface area (Å²) in [5, 5.41) is 4.41. The fourth-order valence-electron chi connectivity index (χ4n) is 2.10. The topological polar surface area (TPSA) is 61.7 Å². The van der Waals surface area contributed by atoms with Crippen molar-refractivity contribution < 1.29 is 0 Å². The minimum absolute atomic E-state index is 0.246. The van der Waals surface area contributed by atoms with Crippen LogP contribution in [-0.2, 0) is 6.54 Å². The lowest BCUT2D eigenvalue weighted by Crippen LogP contribution is -2.09. The third kappa shape index (κ3) is 1.16. The fourth-order valence-corrected chi connectivity index (χ4v) is 2.10. The highest BCUT2D eigenvalue weighted by molar-refractivity contribution is 5.39. The second-order valence-electron chi connectivity index (χ2n) is 3.93. The Balaban J connectivity index is 2.03. The van der Waals surface area contributed by atoms with Gasteiger partial charge in [0, 0.05) is 25.1 Å². The molecule has 0 aromatic carbocycles. The standard InChI is InChI=1S/C10H13N5/c1-7-8(11)6-15(13-7)9-2-4-14-5-3-12-10(9)14/h3,5-6,9H,2,4,11H2,1H3. The second kappa shape index (κ2) is 2.85. The van der Waals surface area contributed by atoms with Crippen LogP contribution in [0.3, 0.4) is 0 Å². The number of aryl methyl sites for hydroxylation is 2. The number of aromatic nitrogens is 4. The van der Waals surface area contributed by atoms with Gasteiger partial charge in [-0.25, -0.2) is 4.98 Å². The number of anilines is 1. The minimum atomic E-state index is 0.246. The molecule has 5 heteroatoms. The third-order valence-electron chi connectivity index (χ3n) is 2.96. The lowest BCUT2D eigenvalue weighted by atomic mass is 10.2. The quantitative estimate of drug-likeness (QED) is 0.751. The van der Waals surface area contributed by atoms with Gasteiger partial charge in [0.05, 0.1) is 11.4 Å². The van der Waals surface area contributed by atoms with E-state index < -0.39 is 0 Å². The van der Waals surface area contributed by atoms with Crippen molar-refractivity contribution in [2.45, 2.75) is 25.9 Å². The molecule has 2 N–H and O–H groups in total. The van der Waals surface area contributed by atoms with Crippen LogP contribution in [0.1, 0.15) is 24.0 Å².